The first-order valence-electron chi connectivity index (χ1n) is 13.6. The number of benzene rings is 1. The number of primary amides is 1. The summed E-state index contributed by atoms with van der Waals surface area (Å²) in [5.41, 5.74) is 2.45. The molecule has 0 saturated heterocycles. The maximum absolute atomic E-state index is 14.0. The molecule has 14 heteroatoms. The van der Waals surface area contributed by atoms with E-state index in [-0.39, 0.29) is 36.1 Å². The highest BCUT2D eigenvalue weighted by Gasteiger charge is 2.64. The molecule has 232 valence electrons. The van der Waals surface area contributed by atoms with Crippen LogP contribution in [0.3, 0.4) is 0 Å². The van der Waals surface area contributed by atoms with E-state index in [1.807, 2.05) is 0 Å². The first-order chi connectivity index (χ1) is 19.9. The van der Waals surface area contributed by atoms with E-state index in [0.717, 1.165) is 0 Å². The molecule has 3 aliphatic carbocycles. The smallest absolute Gasteiger partial charge is 0.255 e. The van der Waals surface area contributed by atoms with E-state index in [2.05, 4.69) is 16.6 Å². The van der Waals surface area contributed by atoms with Crippen LogP contribution in [0.15, 0.2) is 23.0 Å². The van der Waals surface area contributed by atoms with Gasteiger partial charge < -0.3 is 31.1 Å². The van der Waals surface area contributed by atoms with Gasteiger partial charge in [-0.25, -0.2) is 13.1 Å². The number of nitrogens with two attached hydrogens (primary N) is 1. The second kappa shape index (κ2) is 11.0. The molecule has 1 saturated carbocycles. The van der Waals surface area contributed by atoms with Crippen molar-refractivity contribution in [3.05, 3.63) is 39.7 Å². The van der Waals surface area contributed by atoms with Gasteiger partial charge in [-0.1, -0.05) is 11.8 Å². The fraction of sp³-hybridized carbons (Fsp3) is 0.483. The Kier molecular flexibility index (Phi) is 8.18. The molecular weight excluding hydrogens is 580 g/mol. The number of phenols is 1. The number of aliphatic hydroxyl groups is 3. The van der Waals surface area contributed by atoms with Crippen LogP contribution >= 0.6 is 0 Å². The Morgan fingerprint density at radius 1 is 1.19 bits per heavy atom. The molecule has 13 nitrogen and oxygen atoms in total. The molecule has 1 aromatic carbocycles. The van der Waals surface area contributed by atoms with Crippen molar-refractivity contribution in [2.24, 2.45) is 17.6 Å². The Labute approximate surface area is 249 Å². The maximum atomic E-state index is 14.0. The number of carbonyl (C=O) groups is 3. The van der Waals surface area contributed by atoms with E-state index in [9.17, 15) is 43.2 Å². The minimum absolute atomic E-state index is 0.0308. The normalized spacial score (nSPS) is 25.3. The lowest BCUT2D eigenvalue weighted by atomic mass is 9.57. The summed E-state index contributed by atoms with van der Waals surface area (Å²) in [6, 6.07) is 0.405. The first kappa shape index (κ1) is 32.0. The highest BCUT2D eigenvalue weighted by molar-refractivity contribution is 7.90. The lowest BCUT2D eigenvalue weighted by molar-refractivity contribution is -0.153. The third kappa shape index (κ3) is 4.96. The molecule has 4 atom stereocenters. The number of phenolic OH excluding ortho intramolecular Hbond substituents is 1. The SMILES string of the molecule is CC(C)S(=O)(=O)NCC#Cc1cc(N(C)C)c2c(c1O)C(O)=C1C(=O)[C@@]3(O)C(O)=C(C(N)=O)C(=O)[C@H](N(C)C)[C@H]3C[C@H]1C2. The van der Waals surface area contributed by atoms with Gasteiger partial charge in [0, 0.05) is 31.3 Å². The highest BCUT2D eigenvalue weighted by Crippen LogP contribution is 2.54. The van der Waals surface area contributed by atoms with Gasteiger partial charge in [0.25, 0.3) is 5.91 Å². The molecule has 0 aliphatic heterocycles. The van der Waals surface area contributed by atoms with E-state index in [1.165, 1.54) is 32.8 Å². The molecule has 0 aromatic heterocycles. The number of hydrogen-bond donors (Lipinski definition) is 6. The Hall–Kier alpha value is -3.90. The molecule has 0 radical (unpaired) electrons. The predicted octanol–water partition coefficient (Wildman–Crippen LogP) is -0.291. The van der Waals surface area contributed by atoms with Crippen LogP contribution in [0.4, 0.5) is 5.69 Å². The number of amides is 1. The van der Waals surface area contributed by atoms with Gasteiger partial charge in [-0.2, -0.15) is 0 Å². The molecule has 3 aliphatic rings. The fourth-order valence-electron chi connectivity index (χ4n) is 6.23. The average Bonchev–Trinajstić information content (AvgIpc) is 2.89. The summed E-state index contributed by atoms with van der Waals surface area (Å²) in [7, 11) is 2.96. The fourth-order valence-corrected chi connectivity index (χ4v) is 6.84. The maximum Gasteiger partial charge on any atom is 0.255 e. The average molecular weight is 617 g/mol. The number of anilines is 1. The van der Waals surface area contributed by atoms with Gasteiger partial charge in [-0.3, -0.25) is 19.3 Å². The van der Waals surface area contributed by atoms with Crippen LogP contribution in [0, 0.1) is 23.7 Å². The number of carbonyl (C=O) groups excluding carboxylic acids is 3. The number of aliphatic hydroxyl groups excluding tert-OH is 2. The van der Waals surface area contributed by atoms with Crippen LogP contribution in [-0.2, 0) is 30.8 Å². The zero-order valence-electron chi connectivity index (χ0n) is 24.7. The molecule has 0 spiro atoms. The van der Waals surface area contributed by atoms with Crippen LogP contribution in [0.1, 0.15) is 37.0 Å². The van der Waals surface area contributed by atoms with Gasteiger partial charge in [0.2, 0.25) is 15.8 Å². The van der Waals surface area contributed by atoms with Gasteiger partial charge in [-0.05, 0) is 58.3 Å². The molecule has 7 N–H and O–H groups in total. The number of ketones is 2. The van der Waals surface area contributed by atoms with E-state index in [1.54, 1.807) is 25.1 Å². The minimum Gasteiger partial charge on any atom is -0.508 e. The third-order valence-corrected chi connectivity index (χ3v) is 10.2. The second-order valence-electron chi connectivity index (χ2n) is 11.7. The lowest BCUT2D eigenvalue weighted by Gasteiger charge is -2.50. The summed E-state index contributed by atoms with van der Waals surface area (Å²) < 4.78 is 26.4. The molecule has 1 fully saturated rings. The van der Waals surface area contributed by atoms with Crippen molar-refractivity contribution in [2.45, 2.75) is 43.6 Å². The Morgan fingerprint density at radius 2 is 1.81 bits per heavy atom. The largest absolute Gasteiger partial charge is 0.508 e. The standard InChI is InChI=1S/C29H36N4O9S/c1-13(2)43(41,42)31-9-7-8-14-12-18(32(3)4)16-10-15-11-17-22(33(5)6)25(36)21(28(30)39)27(38)29(17,40)26(37)19(15)24(35)20(16)23(14)34/h12-13,15,17,22,31,34-35,38,40H,9-11H2,1-6H3,(H2,30,39)/t15-,17-,22-,29-/m1/s1. The number of hydrogen-bond acceptors (Lipinski definition) is 11. The van der Waals surface area contributed by atoms with Crippen molar-refractivity contribution < 1.29 is 43.2 Å². The van der Waals surface area contributed by atoms with Gasteiger partial charge >= 0.3 is 0 Å². The highest BCUT2D eigenvalue weighted by atomic mass is 32.2. The van der Waals surface area contributed by atoms with Gasteiger partial charge in [-0.15, -0.1) is 0 Å². The Balaban J connectivity index is 1.90. The quantitative estimate of drug-likeness (QED) is 0.181. The van der Waals surface area contributed by atoms with Crippen molar-refractivity contribution in [3.8, 4) is 17.6 Å². The molecule has 0 unspecified atom stereocenters. The van der Waals surface area contributed by atoms with Crippen molar-refractivity contribution in [2.75, 3.05) is 39.6 Å². The molecule has 1 aromatic rings. The molecule has 0 bridgehead atoms. The number of fused-ring (bicyclic) bond motifs is 3. The van der Waals surface area contributed by atoms with E-state index < -0.39 is 79.1 Å². The number of Topliss-reactive ketones (excluding diaryl/α,β-unsaturated/α-hetero) is 2. The van der Waals surface area contributed by atoms with E-state index >= 15 is 0 Å². The Bertz CT molecular complexity index is 1660. The molecule has 43 heavy (non-hydrogen) atoms. The first-order valence-corrected chi connectivity index (χ1v) is 15.1. The van der Waals surface area contributed by atoms with Crippen molar-refractivity contribution in [1.82, 2.24) is 9.62 Å². The van der Waals surface area contributed by atoms with E-state index in [4.69, 9.17) is 5.73 Å². The minimum atomic E-state index is -3.58. The molecular formula is C29H36N4O9S. The van der Waals surface area contributed by atoms with Crippen molar-refractivity contribution >= 4 is 38.9 Å². The third-order valence-electron chi connectivity index (χ3n) is 8.38. The zero-order chi connectivity index (χ0) is 32.3. The van der Waals surface area contributed by atoms with Gasteiger partial charge in [0.05, 0.1) is 29.0 Å². The van der Waals surface area contributed by atoms with Crippen LogP contribution in [0.25, 0.3) is 5.76 Å². The molecule has 4 rings (SSSR count). The van der Waals surface area contributed by atoms with Gasteiger partial charge in [0.1, 0.15) is 22.8 Å². The molecule has 0 heterocycles. The van der Waals surface area contributed by atoms with E-state index in [0.29, 0.717) is 11.3 Å². The number of aromatic hydroxyl groups is 1. The molecule has 1 amide bonds. The summed E-state index contributed by atoms with van der Waals surface area (Å²) in [6.45, 7) is 2.79. The van der Waals surface area contributed by atoms with Crippen LogP contribution in [0.2, 0.25) is 0 Å². The predicted molar refractivity (Wildman–Crippen MR) is 158 cm³/mol. The van der Waals surface area contributed by atoms with Crippen LogP contribution < -0.4 is 15.4 Å². The number of rotatable bonds is 6. The number of nitrogens with one attached hydrogen (secondary N) is 1. The topological polar surface area (TPSA) is 211 Å². The monoisotopic (exact) mass is 616 g/mol. The zero-order valence-corrected chi connectivity index (χ0v) is 25.5. The summed E-state index contributed by atoms with van der Waals surface area (Å²) in [6.07, 6.45) is 0.0917. The number of likely N-dealkylation sites (N-methyl/N-ethyl adjacent to an activating group) is 1. The summed E-state index contributed by atoms with van der Waals surface area (Å²) in [5.74, 6) is -2.05. The number of sulfonamides is 1. The number of nitrogens with zero attached hydrogens (tertiary/aromatic N) is 2. The lowest BCUT2D eigenvalue weighted by Crippen LogP contribution is -2.65. The summed E-state index contributed by atoms with van der Waals surface area (Å²) >= 11 is 0. The van der Waals surface area contributed by atoms with Crippen LogP contribution in [0.5, 0.6) is 5.75 Å². The summed E-state index contributed by atoms with van der Waals surface area (Å²) in [4.78, 5) is 42.6. The van der Waals surface area contributed by atoms with Crippen molar-refractivity contribution in [1.29, 1.82) is 0 Å². The van der Waals surface area contributed by atoms with Crippen molar-refractivity contribution in [3.63, 3.8) is 0 Å². The second-order valence-corrected chi connectivity index (χ2v) is 14.0. The summed E-state index contributed by atoms with van der Waals surface area (Å²) in [5, 5.41) is 44.9. The Morgan fingerprint density at radius 3 is 2.35 bits per heavy atom. The van der Waals surface area contributed by atoms with Gasteiger partial charge in [0.15, 0.2) is 11.4 Å². The van der Waals surface area contributed by atoms with Crippen LogP contribution in [-0.4, -0.2) is 103 Å².